The van der Waals surface area contributed by atoms with E-state index in [1.54, 1.807) is 26.0 Å². The van der Waals surface area contributed by atoms with Gasteiger partial charge >= 0.3 is 5.97 Å². The number of anilines is 1. The number of carbonyl (C=O) groups is 2. The zero-order valence-electron chi connectivity index (χ0n) is 22.4. The molecule has 3 aromatic carbocycles. The van der Waals surface area contributed by atoms with E-state index in [1.807, 2.05) is 48.5 Å². The number of benzene rings is 3. The van der Waals surface area contributed by atoms with Crippen LogP contribution in [-0.4, -0.2) is 26.7 Å². The highest BCUT2D eigenvalue weighted by Gasteiger charge is 2.28. The van der Waals surface area contributed by atoms with Crippen LogP contribution in [0, 0.1) is 0 Å². The first-order valence-corrected chi connectivity index (χ1v) is 15.4. The van der Waals surface area contributed by atoms with Gasteiger partial charge in [0.25, 0.3) is 5.91 Å². The molecule has 0 saturated heterocycles. The van der Waals surface area contributed by atoms with Crippen LogP contribution in [0.5, 0.6) is 0 Å². The Morgan fingerprint density at radius 1 is 0.925 bits per heavy atom. The molecule has 1 aromatic heterocycles. The lowest BCUT2D eigenvalue weighted by atomic mass is 9.84. The Balaban J connectivity index is 1.41. The highest BCUT2D eigenvalue weighted by atomic mass is 35.5. The molecule has 0 radical (unpaired) electrons. The second-order valence-corrected chi connectivity index (χ2v) is 13.7. The number of aromatic nitrogens is 1. The van der Waals surface area contributed by atoms with Gasteiger partial charge in [-0.05, 0) is 80.1 Å². The number of rotatable bonds is 8. The van der Waals surface area contributed by atoms with Gasteiger partial charge in [0.1, 0.15) is 15.4 Å². The molecule has 1 fully saturated rings. The van der Waals surface area contributed by atoms with E-state index < -0.39 is 10.7 Å². The molecule has 2 N–H and O–H groups in total. The molecule has 0 unspecified atom stereocenters. The number of nitrogens with zero attached hydrogens (tertiary/aromatic N) is 1. The number of carbonyl (C=O) groups excluding carboxylic acids is 1. The fraction of sp³-hybridized carbons (Fsp3) is 0.281. The fourth-order valence-corrected chi connectivity index (χ4v) is 7.01. The summed E-state index contributed by atoms with van der Waals surface area (Å²) >= 11 is 8.86. The number of aliphatic carboxylic acids is 1. The molecule has 40 heavy (non-hydrogen) atoms. The Morgan fingerprint density at radius 3 is 2.17 bits per heavy atom. The van der Waals surface area contributed by atoms with E-state index in [4.69, 9.17) is 16.6 Å². The predicted molar refractivity (Wildman–Crippen MR) is 166 cm³/mol. The molecule has 4 aromatic rings. The van der Waals surface area contributed by atoms with Crippen molar-refractivity contribution in [2.45, 2.75) is 61.5 Å². The van der Waals surface area contributed by atoms with Gasteiger partial charge in [-0.2, -0.15) is 0 Å². The quantitative estimate of drug-likeness (QED) is 0.200. The zero-order chi connectivity index (χ0) is 28.3. The first-order valence-electron chi connectivity index (χ1n) is 13.4. The maximum absolute atomic E-state index is 13.5. The van der Waals surface area contributed by atoms with E-state index in [0.717, 1.165) is 26.6 Å². The summed E-state index contributed by atoms with van der Waals surface area (Å²) in [6, 6.07) is 23.2. The second-order valence-electron chi connectivity index (χ2n) is 10.6. The van der Waals surface area contributed by atoms with Gasteiger partial charge in [0.15, 0.2) is 0 Å². The highest BCUT2D eigenvalue weighted by molar-refractivity contribution is 8.01. The topological polar surface area (TPSA) is 79.3 Å². The summed E-state index contributed by atoms with van der Waals surface area (Å²) in [5.74, 6) is -0.530. The summed E-state index contributed by atoms with van der Waals surface area (Å²) in [4.78, 5) is 31.4. The van der Waals surface area contributed by atoms with Crippen LogP contribution in [0.3, 0.4) is 0 Å². The minimum absolute atomic E-state index is 0.270. The largest absolute Gasteiger partial charge is 0.480 e. The lowest BCUT2D eigenvalue weighted by Gasteiger charge is -2.22. The number of hydrogen-bond acceptors (Lipinski definition) is 5. The fourth-order valence-electron chi connectivity index (χ4n) is 4.86. The van der Waals surface area contributed by atoms with Crippen molar-refractivity contribution < 1.29 is 14.7 Å². The van der Waals surface area contributed by atoms with Crippen LogP contribution in [0.1, 0.15) is 67.9 Å². The third-order valence-electron chi connectivity index (χ3n) is 7.18. The van der Waals surface area contributed by atoms with Gasteiger partial charge < -0.3 is 10.4 Å². The molecule has 206 valence electrons. The molecule has 1 saturated carbocycles. The number of thiazole rings is 1. The molecule has 0 atom stereocenters. The summed E-state index contributed by atoms with van der Waals surface area (Å²) in [5.41, 5.74) is 4.14. The minimum Gasteiger partial charge on any atom is -0.480 e. The molecule has 0 aliphatic heterocycles. The molecule has 0 bridgehead atoms. The Morgan fingerprint density at radius 2 is 1.55 bits per heavy atom. The monoisotopic (exact) mass is 590 g/mol. The third-order valence-corrected chi connectivity index (χ3v) is 9.78. The Kier molecular flexibility index (Phi) is 8.64. The van der Waals surface area contributed by atoms with Crippen molar-refractivity contribution in [2.24, 2.45) is 0 Å². The molecule has 5 rings (SSSR count). The van der Waals surface area contributed by atoms with Crippen LogP contribution >= 0.6 is 34.7 Å². The minimum atomic E-state index is -0.940. The van der Waals surface area contributed by atoms with Gasteiger partial charge in [-0.15, -0.1) is 23.1 Å². The zero-order valence-corrected chi connectivity index (χ0v) is 24.8. The van der Waals surface area contributed by atoms with Gasteiger partial charge in [0.2, 0.25) is 0 Å². The van der Waals surface area contributed by atoms with Crippen molar-refractivity contribution in [1.29, 1.82) is 0 Å². The standard InChI is InChI=1S/C32H31ClN2O3S2/c1-32(2,31(37)38)40-26-18-12-23(13-19-26)30-35-27(28(39-30)22-8-14-24(33)15-9-22)29(36)34-25-16-10-21(11-17-25)20-6-4-3-5-7-20/h8-20H,3-7H2,1-2H3,(H,34,36)(H,37,38). The summed E-state index contributed by atoms with van der Waals surface area (Å²) in [6.45, 7) is 3.36. The average Bonchev–Trinajstić information content (AvgIpc) is 3.40. The first kappa shape index (κ1) is 28.4. The number of nitrogens with one attached hydrogen (secondary N) is 1. The van der Waals surface area contributed by atoms with Crippen LogP contribution in [0.4, 0.5) is 5.69 Å². The average molecular weight is 591 g/mol. The second kappa shape index (κ2) is 12.2. The lowest BCUT2D eigenvalue weighted by Crippen LogP contribution is -2.26. The van der Waals surface area contributed by atoms with Gasteiger partial charge in [-0.1, -0.05) is 67.3 Å². The van der Waals surface area contributed by atoms with Crippen LogP contribution in [0.25, 0.3) is 21.0 Å². The molecule has 1 aliphatic carbocycles. The molecule has 1 aliphatic rings. The molecule has 0 spiro atoms. The lowest BCUT2D eigenvalue weighted by molar-refractivity contribution is -0.138. The Hall–Kier alpha value is -3.13. The molecule has 5 nitrogen and oxygen atoms in total. The molecular weight excluding hydrogens is 560 g/mol. The summed E-state index contributed by atoms with van der Waals surface area (Å²) < 4.78 is -0.940. The maximum Gasteiger partial charge on any atom is 0.319 e. The normalized spacial score (nSPS) is 14.2. The molecule has 8 heteroatoms. The van der Waals surface area contributed by atoms with Crippen LogP contribution < -0.4 is 5.32 Å². The molecule has 1 heterocycles. The van der Waals surface area contributed by atoms with E-state index in [2.05, 4.69) is 17.4 Å². The van der Waals surface area contributed by atoms with Crippen LogP contribution in [-0.2, 0) is 4.79 Å². The van der Waals surface area contributed by atoms with E-state index in [1.165, 1.54) is 60.8 Å². The third kappa shape index (κ3) is 6.60. The first-order chi connectivity index (χ1) is 19.2. The van der Waals surface area contributed by atoms with E-state index in [0.29, 0.717) is 21.6 Å². The predicted octanol–water partition coefficient (Wildman–Crippen LogP) is 9.39. The Bertz CT molecular complexity index is 1490. The van der Waals surface area contributed by atoms with Gasteiger partial charge in [-0.3, -0.25) is 9.59 Å². The number of carboxylic acids is 1. The number of halogens is 1. The van der Waals surface area contributed by atoms with Crippen molar-refractivity contribution in [2.75, 3.05) is 5.32 Å². The number of hydrogen-bond donors (Lipinski definition) is 2. The van der Waals surface area contributed by atoms with Crippen LogP contribution in [0.2, 0.25) is 5.02 Å². The maximum atomic E-state index is 13.5. The number of carboxylic acid groups (broad SMARTS) is 1. The number of amides is 1. The van der Waals surface area contributed by atoms with Gasteiger partial charge in [0.05, 0.1) is 4.88 Å². The van der Waals surface area contributed by atoms with Crippen molar-refractivity contribution >= 4 is 52.3 Å². The number of thioether (sulfide) groups is 1. The molecule has 1 amide bonds. The summed E-state index contributed by atoms with van der Waals surface area (Å²) in [6.07, 6.45) is 6.35. The van der Waals surface area contributed by atoms with E-state index in [9.17, 15) is 14.7 Å². The Labute approximate surface area is 248 Å². The molecular formula is C32H31ClN2O3S2. The van der Waals surface area contributed by atoms with Gasteiger partial charge in [-0.25, -0.2) is 4.98 Å². The highest BCUT2D eigenvalue weighted by Crippen LogP contribution is 2.39. The summed E-state index contributed by atoms with van der Waals surface area (Å²) in [7, 11) is 0. The van der Waals surface area contributed by atoms with Crippen molar-refractivity contribution in [3.63, 3.8) is 0 Å². The smallest absolute Gasteiger partial charge is 0.319 e. The van der Waals surface area contributed by atoms with Gasteiger partial charge in [0, 0.05) is 21.2 Å². The van der Waals surface area contributed by atoms with E-state index >= 15 is 0 Å². The van der Waals surface area contributed by atoms with Crippen molar-refractivity contribution in [3.05, 3.63) is 89.1 Å². The van der Waals surface area contributed by atoms with Crippen molar-refractivity contribution in [1.82, 2.24) is 4.98 Å². The van der Waals surface area contributed by atoms with E-state index in [-0.39, 0.29) is 5.91 Å². The van der Waals surface area contributed by atoms with Crippen LogP contribution in [0.15, 0.2) is 77.7 Å². The summed E-state index contributed by atoms with van der Waals surface area (Å²) in [5, 5.41) is 13.8. The van der Waals surface area contributed by atoms with Crippen molar-refractivity contribution in [3.8, 4) is 21.0 Å². The SMILES string of the molecule is CC(C)(Sc1ccc(-c2nc(C(=O)Nc3ccc(C4CCCCC4)cc3)c(-c3ccc(Cl)cc3)s2)cc1)C(=O)O.